The number of nitrogens with one attached hydrogen (secondary N) is 1. The van der Waals surface area contributed by atoms with E-state index >= 15 is 0 Å². The fourth-order valence-corrected chi connectivity index (χ4v) is 4.99. The van der Waals surface area contributed by atoms with Gasteiger partial charge in [0.15, 0.2) is 6.61 Å². The average molecular weight is 383 g/mol. The number of para-hydroxylation sites is 1. The van der Waals surface area contributed by atoms with Crippen LogP contribution >= 0.6 is 0 Å². The van der Waals surface area contributed by atoms with Gasteiger partial charge in [-0.15, -0.1) is 0 Å². The lowest BCUT2D eigenvalue weighted by molar-refractivity contribution is -0.154. The SMILES string of the molecule is O=C(CCCc1c[nH]c2ccccc12)OCC(=O)N1CCC[C@@H]2CCCC[C@@H]21. The van der Waals surface area contributed by atoms with E-state index in [0.29, 0.717) is 18.4 Å². The number of hydrogen-bond donors (Lipinski definition) is 1. The molecule has 1 aromatic heterocycles. The summed E-state index contributed by atoms with van der Waals surface area (Å²) in [6.07, 6.45) is 11.1. The molecule has 1 aliphatic carbocycles. The van der Waals surface area contributed by atoms with E-state index in [4.69, 9.17) is 4.74 Å². The first-order valence-electron chi connectivity index (χ1n) is 10.7. The van der Waals surface area contributed by atoms with Crippen LogP contribution in [0.25, 0.3) is 10.9 Å². The lowest BCUT2D eigenvalue weighted by Gasteiger charge is -2.44. The van der Waals surface area contributed by atoms with Gasteiger partial charge >= 0.3 is 5.97 Å². The van der Waals surface area contributed by atoms with Crippen molar-refractivity contribution in [1.29, 1.82) is 0 Å². The summed E-state index contributed by atoms with van der Waals surface area (Å²) in [5, 5.41) is 1.21. The highest BCUT2D eigenvalue weighted by Gasteiger charge is 2.35. The molecule has 2 fully saturated rings. The topological polar surface area (TPSA) is 62.4 Å². The number of H-pyrrole nitrogens is 1. The summed E-state index contributed by atoms with van der Waals surface area (Å²) < 4.78 is 5.31. The monoisotopic (exact) mass is 382 g/mol. The van der Waals surface area contributed by atoms with Crippen LogP contribution in [0.15, 0.2) is 30.5 Å². The Hall–Kier alpha value is -2.30. The van der Waals surface area contributed by atoms with E-state index in [1.807, 2.05) is 23.2 Å². The minimum absolute atomic E-state index is 0.0124. The predicted molar refractivity (Wildman–Crippen MR) is 109 cm³/mol. The molecule has 1 aliphatic heterocycles. The number of amides is 1. The van der Waals surface area contributed by atoms with E-state index in [0.717, 1.165) is 37.7 Å². The zero-order chi connectivity index (χ0) is 19.3. The second-order valence-corrected chi connectivity index (χ2v) is 8.21. The van der Waals surface area contributed by atoms with Crippen LogP contribution in [0, 0.1) is 5.92 Å². The summed E-state index contributed by atoms with van der Waals surface area (Å²) in [5.74, 6) is 0.366. The van der Waals surface area contributed by atoms with E-state index < -0.39 is 0 Å². The van der Waals surface area contributed by atoms with Crippen molar-refractivity contribution in [2.75, 3.05) is 13.2 Å². The zero-order valence-corrected chi connectivity index (χ0v) is 16.5. The van der Waals surface area contributed by atoms with Gasteiger partial charge in [0, 0.05) is 36.1 Å². The Labute approximate surface area is 166 Å². The number of aryl methyl sites for hydroxylation is 1. The largest absolute Gasteiger partial charge is 0.456 e. The Morgan fingerprint density at radius 2 is 1.93 bits per heavy atom. The van der Waals surface area contributed by atoms with Crippen molar-refractivity contribution in [3.05, 3.63) is 36.0 Å². The van der Waals surface area contributed by atoms with Crippen LogP contribution in [-0.4, -0.2) is 41.0 Å². The molecule has 5 nitrogen and oxygen atoms in total. The molecule has 1 saturated carbocycles. The smallest absolute Gasteiger partial charge is 0.306 e. The molecule has 5 heteroatoms. The molecule has 4 rings (SSSR count). The molecule has 1 aromatic carbocycles. The lowest BCUT2D eigenvalue weighted by atomic mass is 9.78. The van der Waals surface area contributed by atoms with Crippen LogP contribution in [0.5, 0.6) is 0 Å². The predicted octanol–water partition coefficient (Wildman–Crippen LogP) is 4.22. The maximum absolute atomic E-state index is 12.6. The standard InChI is InChI=1S/C23H30N2O3/c26-22(25-14-6-9-17-7-1-4-12-21(17)25)16-28-23(27)13-5-8-18-15-24-20-11-3-2-10-19(18)20/h2-3,10-11,15,17,21,24H,1,4-9,12-14,16H2/t17-,21-/m0/s1. The van der Waals surface area contributed by atoms with Crippen LogP contribution in [-0.2, 0) is 20.7 Å². The minimum Gasteiger partial charge on any atom is -0.456 e. The van der Waals surface area contributed by atoms with Gasteiger partial charge in [-0.1, -0.05) is 31.0 Å². The van der Waals surface area contributed by atoms with Crippen molar-refractivity contribution in [2.24, 2.45) is 5.92 Å². The number of esters is 1. The number of fused-ring (bicyclic) bond motifs is 2. The van der Waals surface area contributed by atoms with E-state index in [1.165, 1.54) is 36.6 Å². The highest BCUT2D eigenvalue weighted by molar-refractivity contribution is 5.83. The molecule has 2 aliphatic rings. The fraction of sp³-hybridized carbons (Fsp3) is 0.565. The maximum Gasteiger partial charge on any atom is 0.306 e. The summed E-state index contributed by atoms with van der Waals surface area (Å²) >= 11 is 0. The lowest BCUT2D eigenvalue weighted by Crippen LogP contribution is -2.50. The van der Waals surface area contributed by atoms with Crippen molar-refractivity contribution in [3.63, 3.8) is 0 Å². The fourth-order valence-electron chi connectivity index (χ4n) is 4.99. The van der Waals surface area contributed by atoms with Crippen LogP contribution in [0.1, 0.15) is 56.9 Å². The van der Waals surface area contributed by atoms with Gasteiger partial charge in [0.1, 0.15) is 0 Å². The molecule has 150 valence electrons. The van der Waals surface area contributed by atoms with Crippen molar-refractivity contribution in [1.82, 2.24) is 9.88 Å². The second kappa shape index (κ2) is 8.80. The molecule has 1 amide bonds. The van der Waals surface area contributed by atoms with Crippen molar-refractivity contribution in [3.8, 4) is 0 Å². The van der Waals surface area contributed by atoms with Crippen molar-refractivity contribution < 1.29 is 14.3 Å². The Morgan fingerprint density at radius 3 is 2.86 bits per heavy atom. The number of ether oxygens (including phenoxy) is 1. The number of aromatic nitrogens is 1. The van der Waals surface area contributed by atoms with Crippen LogP contribution in [0.4, 0.5) is 0 Å². The van der Waals surface area contributed by atoms with E-state index in [2.05, 4.69) is 17.1 Å². The van der Waals surface area contributed by atoms with Crippen LogP contribution < -0.4 is 0 Å². The number of benzene rings is 1. The first-order valence-corrected chi connectivity index (χ1v) is 10.7. The minimum atomic E-state index is -0.273. The van der Waals surface area contributed by atoms with E-state index in [9.17, 15) is 9.59 Å². The second-order valence-electron chi connectivity index (χ2n) is 8.21. The Bertz CT molecular complexity index is 826. The highest BCUT2D eigenvalue weighted by Crippen LogP contribution is 2.35. The Morgan fingerprint density at radius 1 is 1.11 bits per heavy atom. The third-order valence-electron chi connectivity index (χ3n) is 6.42. The molecule has 2 aromatic rings. The summed E-state index contributed by atoms with van der Waals surface area (Å²) in [4.78, 5) is 30.0. The van der Waals surface area contributed by atoms with Gasteiger partial charge in [-0.3, -0.25) is 9.59 Å². The van der Waals surface area contributed by atoms with Crippen LogP contribution in [0.3, 0.4) is 0 Å². The number of carbonyl (C=O) groups excluding carboxylic acids is 2. The van der Waals surface area contributed by atoms with Crippen molar-refractivity contribution in [2.45, 2.75) is 63.8 Å². The number of aromatic amines is 1. The number of carbonyl (C=O) groups is 2. The molecule has 0 bridgehead atoms. The van der Waals surface area contributed by atoms with Gasteiger partial charge in [-0.2, -0.15) is 0 Å². The van der Waals surface area contributed by atoms with Crippen LogP contribution in [0.2, 0.25) is 0 Å². The molecule has 0 spiro atoms. The number of likely N-dealkylation sites (tertiary alicyclic amines) is 1. The zero-order valence-electron chi connectivity index (χ0n) is 16.5. The first kappa shape index (κ1) is 19.0. The Balaban J connectivity index is 1.21. The number of rotatable bonds is 6. The summed E-state index contributed by atoms with van der Waals surface area (Å²) in [6.45, 7) is 0.716. The number of hydrogen-bond acceptors (Lipinski definition) is 3. The van der Waals surface area contributed by atoms with Gasteiger partial charge < -0.3 is 14.6 Å². The molecule has 1 saturated heterocycles. The molecule has 1 N–H and O–H groups in total. The quantitative estimate of drug-likeness (QED) is 0.761. The normalized spacial score (nSPS) is 22.1. The van der Waals surface area contributed by atoms with Crippen molar-refractivity contribution >= 4 is 22.8 Å². The number of piperidine rings is 1. The number of nitrogens with zero attached hydrogens (tertiary/aromatic N) is 1. The maximum atomic E-state index is 12.6. The van der Waals surface area contributed by atoms with E-state index in [1.54, 1.807) is 0 Å². The molecule has 28 heavy (non-hydrogen) atoms. The molecular formula is C23H30N2O3. The Kier molecular flexibility index (Phi) is 5.98. The van der Waals surface area contributed by atoms with Gasteiger partial charge in [0.2, 0.25) is 0 Å². The molecule has 0 radical (unpaired) electrons. The summed E-state index contributed by atoms with van der Waals surface area (Å²) in [5.41, 5.74) is 2.34. The first-order chi connectivity index (χ1) is 13.7. The molecule has 2 heterocycles. The van der Waals surface area contributed by atoms with E-state index in [-0.39, 0.29) is 18.5 Å². The van der Waals surface area contributed by atoms with Gasteiger partial charge in [0.25, 0.3) is 5.91 Å². The van der Waals surface area contributed by atoms with Gasteiger partial charge in [0.05, 0.1) is 0 Å². The van der Waals surface area contributed by atoms with Gasteiger partial charge in [-0.25, -0.2) is 0 Å². The highest BCUT2D eigenvalue weighted by atomic mass is 16.5. The molecular weight excluding hydrogens is 352 g/mol. The van der Waals surface area contributed by atoms with Gasteiger partial charge in [-0.05, 0) is 56.1 Å². The summed E-state index contributed by atoms with van der Waals surface area (Å²) in [7, 11) is 0. The average Bonchev–Trinajstić information content (AvgIpc) is 3.15. The molecule has 2 atom stereocenters. The molecule has 0 unspecified atom stereocenters. The third kappa shape index (κ3) is 4.23. The third-order valence-corrected chi connectivity index (χ3v) is 6.42. The summed E-state index contributed by atoms with van der Waals surface area (Å²) in [6, 6.07) is 8.55.